The van der Waals surface area contributed by atoms with E-state index in [0.29, 0.717) is 17.8 Å². The number of aliphatic carboxylic acids is 1. The van der Waals surface area contributed by atoms with Gasteiger partial charge in [-0.05, 0) is 47.5 Å². The van der Waals surface area contributed by atoms with Crippen molar-refractivity contribution in [2.24, 2.45) is 0 Å². The van der Waals surface area contributed by atoms with Crippen molar-refractivity contribution in [2.45, 2.75) is 19.0 Å². The molecule has 0 aliphatic heterocycles. The van der Waals surface area contributed by atoms with Crippen molar-refractivity contribution in [3.05, 3.63) is 120 Å². The average Bonchev–Trinajstić information content (AvgIpc) is 3.34. The average molecular weight is 521 g/mol. The number of nitrogens with zero attached hydrogens (tertiary/aromatic N) is 2. The normalized spacial score (nSPS) is 11.6. The zero-order chi connectivity index (χ0) is 27.2. The summed E-state index contributed by atoms with van der Waals surface area (Å²) in [5.74, 6) is -0.0564. The number of ether oxygens (including phenoxy) is 1. The lowest BCUT2D eigenvalue weighted by Gasteiger charge is -2.15. The zero-order valence-corrected chi connectivity index (χ0v) is 21.4. The number of fused-ring (bicyclic) bond motifs is 1. The van der Waals surface area contributed by atoms with Gasteiger partial charge in [0.25, 0.3) is 5.91 Å². The molecule has 39 heavy (non-hydrogen) atoms. The molecule has 3 N–H and O–H groups in total. The highest BCUT2D eigenvalue weighted by Gasteiger charge is 2.22. The summed E-state index contributed by atoms with van der Waals surface area (Å²) in [6, 6.07) is 29.1. The molecule has 2 aromatic heterocycles. The van der Waals surface area contributed by atoms with E-state index in [1.54, 1.807) is 25.4 Å². The minimum atomic E-state index is -1.09. The predicted molar refractivity (Wildman–Crippen MR) is 150 cm³/mol. The van der Waals surface area contributed by atoms with Crippen LogP contribution in [-0.4, -0.2) is 39.5 Å². The molecule has 8 nitrogen and oxygen atoms in total. The number of carboxylic acid groups (broad SMARTS) is 1. The van der Waals surface area contributed by atoms with Crippen LogP contribution in [0.15, 0.2) is 103 Å². The Hall–Kier alpha value is -5.11. The molecule has 0 radical (unpaired) electrons. The molecular formula is C31H28N4O4. The van der Waals surface area contributed by atoms with Crippen molar-refractivity contribution in [3.8, 4) is 17.0 Å². The summed E-state index contributed by atoms with van der Waals surface area (Å²) < 4.78 is 7.19. The van der Waals surface area contributed by atoms with Crippen molar-refractivity contribution in [3.63, 3.8) is 0 Å². The van der Waals surface area contributed by atoms with Gasteiger partial charge in [-0.1, -0.05) is 60.7 Å². The third kappa shape index (κ3) is 5.91. The van der Waals surface area contributed by atoms with Crippen LogP contribution in [0.4, 0.5) is 5.82 Å². The third-order valence-corrected chi connectivity index (χ3v) is 6.44. The van der Waals surface area contributed by atoms with Gasteiger partial charge in [0.2, 0.25) is 0 Å². The monoisotopic (exact) mass is 520 g/mol. The van der Waals surface area contributed by atoms with Crippen LogP contribution in [0.1, 0.15) is 21.5 Å². The molecule has 0 bridgehead atoms. The fourth-order valence-electron chi connectivity index (χ4n) is 4.38. The number of imidazole rings is 1. The second-order valence-corrected chi connectivity index (χ2v) is 9.07. The molecule has 0 aliphatic rings. The van der Waals surface area contributed by atoms with Crippen molar-refractivity contribution >= 4 is 23.3 Å². The highest BCUT2D eigenvalue weighted by atomic mass is 16.5. The zero-order valence-electron chi connectivity index (χ0n) is 21.4. The van der Waals surface area contributed by atoms with Crippen molar-refractivity contribution in [1.82, 2.24) is 14.7 Å². The first-order valence-corrected chi connectivity index (χ1v) is 12.5. The van der Waals surface area contributed by atoms with Gasteiger partial charge >= 0.3 is 5.97 Å². The van der Waals surface area contributed by atoms with Crippen molar-refractivity contribution in [1.29, 1.82) is 0 Å². The van der Waals surface area contributed by atoms with Crippen LogP contribution in [0.2, 0.25) is 0 Å². The number of carboxylic acids is 1. The van der Waals surface area contributed by atoms with Crippen LogP contribution in [0.5, 0.6) is 5.75 Å². The van der Waals surface area contributed by atoms with E-state index in [2.05, 4.69) is 10.6 Å². The molecule has 1 atom stereocenters. The SMILES string of the molecule is COc1ccc(-c2nc3cc(C(=O)NC(Cc4ccccc4)C(=O)O)ccn3c2NCc2ccccc2)cc1. The Labute approximate surface area is 225 Å². The van der Waals surface area contributed by atoms with Crippen molar-refractivity contribution in [2.75, 3.05) is 12.4 Å². The highest BCUT2D eigenvalue weighted by Crippen LogP contribution is 2.31. The van der Waals surface area contributed by atoms with Crippen LogP contribution in [0, 0.1) is 0 Å². The van der Waals surface area contributed by atoms with Gasteiger partial charge in [0.05, 0.1) is 7.11 Å². The number of carbonyl (C=O) groups excluding carboxylic acids is 1. The number of nitrogens with one attached hydrogen (secondary N) is 2. The Balaban J connectivity index is 1.45. The number of hydrogen-bond donors (Lipinski definition) is 3. The maximum Gasteiger partial charge on any atom is 0.326 e. The van der Waals surface area contributed by atoms with E-state index in [-0.39, 0.29) is 6.42 Å². The molecule has 1 unspecified atom stereocenters. The minimum Gasteiger partial charge on any atom is -0.497 e. The van der Waals surface area contributed by atoms with Gasteiger partial charge in [-0.3, -0.25) is 9.20 Å². The van der Waals surface area contributed by atoms with E-state index < -0.39 is 17.9 Å². The van der Waals surface area contributed by atoms with Gasteiger partial charge in [-0.2, -0.15) is 0 Å². The summed E-state index contributed by atoms with van der Waals surface area (Å²) in [6.45, 7) is 0.583. The molecule has 8 heteroatoms. The largest absolute Gasteiger partial charge is 0.497 e. The Morgan fingerprint density at radius 3 is 2.23 bits per heavy atom. The van der Waals surface area contributed by atoms with Gasteiger partial charge in [0.1, 0.15) is 29.0 Å². The molecule has 5 rings (SSSR count). The second-order valence-electron chi connectivity index (χ2n) is 9.07. The summed E-state index contributed by atoms with van der Waals surface area (Å²) in [5, 5.41) is 15.9. The van der Waals surface area contributed by atoms with Gasteiger partial charge in [-0.25, -0.2) is 9.78 Å². The van der Waals surface area contributed by atoms with E-state index in [4.69, 9.17) is 9.72 Å². The quantitative estimate of drug-likeness (QED) is 0.238. The molecule has 2 heterocycles. The van der Waals surface area contributed by atoms with Gasteiger partial charge in [0.15, 0.2) is 0 Å². The molecule has 3 aromatic carbocycles. The smallest absolute Gasteiger partial charge is 0.326 e. The maximum atomic E-state index is 13.1. The van der Waals surface area contributed by atoms with E-state index in [1.165, 1.54) is 0 Å². The molecule has 0 saturated carbocycles. The number of rotatable bonds is 10. The Kier molecular flexibility index (Phi) is 7.54. The van der Waals surface area contributed by atoms with Crippen LogP contribution >= 0.6 is 0 Å². The maximum absolute atomic E-state index is 13.1. The molecule has 196 valence electrons. The van der Waals surface area contributed by atoms with E-state index >= 15 is 0 Å². The summed E-state index contributed by atoms with van der Waals surface area (Å²) in [7, 11) is 1.62. The van der Waals surface area contributed by atoms with Crippen molar-refractivity contribution < 1.29 is 19.4 Å². The fourth-order valence-corrected chi connectivity index (χ4v) is 4.38. The lowest BCUT2D eigenvalue weighted by molar-refractivity contribution is -0.139. The molecule has 0 aliphatic carbocycles. The number of methoxy groups -OCH3 is 1. The number of hydrogen-bond acceptors (Lipinski definition) is 5. The second kappa shape index (κ2) is 11.5. The summed E-state index contributed by atoms with van der Waals surface area (Å²) in [6.07, 6.45) is 1.95. The van der Waals surface area contributed by atoms with E-state index in [0.717, 1.165) is 34.0 Å². The number of pyridine rings is 1. The third-order valence-electron chi connectivity index (χ3n) is 6.44. The van der Waals surface area contributed by atoms with Gasteiger partial charge < -0.3 is 20.5 Å². The Morgan fingerprint density at radius 2 is 1.59 bits per heavy atom. The lowest BCUT2D eigenvalue weighted by Crippen LogP contribution is -2.42. The number of anilines is 1. The highest BCUT2D eigenvalue weighted by molar-refractivity contribution is 5.97. The first-order valence-electron chi connectivity index (χ1n) is 12.5. The molecule has 0 fully saturated rings. The number of carbonyl (C=O) groups is 2. The Morgan fingerprint density at radius 1 is 0.923 bits per heavy atom. The molecule has 5 aromatic rings. The fraction of sp³-hybridized carbons (Fsp3) is 0.129. The number of benzene rings is 3. The summed E-state index contributed by atoms with van der Waals surface area (Å²) in [5.41, 5.74) is 4.42. The lowest BCUT2D eigenvalue weighted by atomic mass is 10.1. The Bertz CT molecular complexity index is 1580. The standard InChI is InChI=1S/C31H28N4O4/c1-39-25-14-12-23(13-15-25)28-29(32-20-22-10-6-3-7-11-22)35-17-16-24(19-27(35)34-28)30(36)33-26(31(37)38)18-21-8-4-2-5-9-21/h2-17,19,26,32H,18,20H2,1H3,(H,33,36)(H,37,38). The molecule has 1 amide bonds. The van der Waals surface area contributed by atoms with Crippen LogP contribution in [0.25, 0.3) is 16.9 Å². The van der Waals surface area contributed by atoms with E-state index in [9.17, 15) is 14.7 Å². The van der Waals surface area contributed by atoms with Crippen LogP contribution in [-0.2, 0) is 17.8 Å². The van der Waals surface area contributed by atoms with Crippen LogP contribution < -0.4 is 15.4 Å². The molecular weight excluding hydrogens is 492 g/mol. The van der Waals surface area contributed by atoms with Crippen LogP contribution in [0.3, 0.4) is 0 Å². The predicted octanol–water partition coefficient (Wildman–Crippen LogP) is 5.05. The minimum absolute atomic E-state index is 0.183. The summed E-state index contributed by atoms with van der Waals surface area (Å²) in [4.78, 5) is 29.8. The topological polar surface area (TPSA) is 105 Å². The van der Waals surface area contributed by atoms with Gasteiger partial charge in [0, 0.05) is 30.3 Å². The first-order chi connectivity index (χ1) is 19.0. The molecule has 0 spiro atoms. The number of aromatic nitrogens is 2. The van der Waals surface area contributed by atoms with Gasteiger partial charge in [-0.15, -0.1) is 0 Å². The number of amides is 1. The summed E-state index contributed by atoms with van der Waals surface area (Å²) >= 11 is 0. The van der Waals surface area contributed by atoms with E-state index in [1.807, 2.05) is 89.3 Å². The first kappa shape index (κ1) is 25.5. The molecule has 0 saturated heterocycles.